The van der Waals surface area contributed by atoms with E-state index < -0.39 is 17.8 Å². The predicted molar refractivity (Wildman–Crippen MR) is 119 cm³/mol. The van der Waals surface area contributed by atoms with Crippen LogP contribution in [0.4, 0.5) is 4.39 Å². The number of halogens is 1. The first kappa shape index (κ1) is 21.9. The average Bonchev–Trinajstić information content (AvgIpc) is 3.27. The number of hydrogen-bond acceptors (Lipinski definition) is 6. The first-order valence-corrected chi connectivity index (χ1v) is 11.1. The molecular weight excluding hydrogens is 431 g/mol. The van der Waals surface area contributed by atoms with E-state index >= 15 is 0 Å². The number of allylic oxidation sites excluding steroid dienone is 1. The highest BCUT2D eigenvalue weighted by Gasteiger charge is 2.33. The Hall–Kier alpha value is -3.33. The molecule has 4 rings (SSSR count). The van der Waals surface area contributed by atoms with Crippen LogP contribution >= 0.6 is 11.3 Å². The Labute approximate surface area is 187 Å². The third-order valence-electron chi connectivity index (χ3n) is 5.30. The van der Waals surface area contributed by atoms with Gasteiger partial charge in [0.25, 0.3) is 5.56 Å². The van der Waals surface area contributed by atoms with Gasteiger partial charge in [0.1, 0.15) is 5.82 Å². The van der Waals surface area contributed by atoms with Crippen molar-refractivity contribution in [2.45, 2.75) is 40.3 Å². The molecule has 1 aromatic carbocycles. The van der Waals surface area contributed by atoms with Crippen LogP contribution in [0.15, 0.2) is 51.5 Å². The summed E-state index contributed by atoms with van der Waals surface area (Å²) in [6, 6.07) is 5.01. The van der Waals surface area contributed by atoms with E-state index in [0.29, 0.717) is 20.6 Å². The van der Waals surface area contributed by atoms with Crippen LogP contribution in [0.25, 0.3) is 6.08 Å². The number of carbonyl (C=O) groups excluding carboxylic acids is 1. The van der Waals surface area contributed by atoms with Crippen LogP contribution in [-0.2, 0) is 16.1 Å². The summed E-state index contributed by atoms with van der Waals surface area (Å²) in [7, 11) is 0. The number of fused-ring (bicyclic) bond motifs is 1. The summed E-state index contributed by atoms with van der Waals surface area (Å²) in [4.78, 5) is 31.3. The zero-order chi connectivity index (χ0) is 23.0. The summed E-state index contributed by atoms with van der Waals surface area (Å²) < 4.78 is 22.6. The molecule has 1 atom stereocenters. The van der Waals surface area contributed by atoms with Gasteiger partial charge in [-0.15, -0.1) is 0 Å². The molecule has 1 aliphatic heterocycles. The minimum absolute atomic E-state index is 0.191. The van der Waals surface area contributed by atoms with Gasteiger partial charge in [0.05, 0.1) is 34.1 Å². The minimum Gasteiger partial charge on any atom is -0.463 e. The van der Waals surface area contributed by atoms with Gasteiger partial charge in [-0.1, -0.05) is 23.5 Å². The summed E-state index contributed by atoms with van der Waals surface area (Å²) in [5.74, 6) is -0.944. The van der Waals surface area contributed by atoms with E-state index in [1.54, 1.807) is 32.1 Å². The molecule has 166 valence electrons. The molecule has 0 radical (unpaired) electrons. The average molecular weight is 455 g/mol. The number of esters is 1. The van der Waals surface area contributed by atoms with E-state index in [-0.39, 0.29) is 17.7 Å². The van der Waals surface area contributed by atoms with Gasteiger partial charge in [0.2, 0.25) is 0 Å². The molecule has 0 amide bonds. The molecule has 32 heavy (non-hydrogen) atoms. The topological polar surface area (TPSA) is 78.5 Å². The molecular formula is C23H23FN4O3S. The fourth-order valence-corrected chi connectivity index (χ4v) is 4.77. The smallest absolute Gasteiger partial charge is 0.338 e. The van der Waals surface area contributed by atoms with Crippen LogP contribution in [0.5, 0.6) is 0 Å². The second-order valence-electron chi connectivity index (χ2n) is 7.38. The molecule has 0 spiro atoms. The highest BCUT2D eigenvalue weighted by molar-refractivity contribution is 7.07. The van der Waals surface area contributed by atoms with Gasteiger partial charge < -0.3 is 4.74 Å². The van der Waals surface area contributed by atoms with Gasteiger partial charge in [-0.25, -0.2) is 14.2 Å². The van der Waals surface area contributed by atoms with Gasteiger partial charge in [0, 0.05) is 18.3 Å². The summed E-state index contributed by atoms with van der Waals surface area (Å²) in [6.45, 7) is 8.23. The first-order valence-electron chi connectivity index (χ1n) is 10.3. The number of aromatic nitrogens is 3. The Morgan fingerprint density at radius 1 is 1.25 bits per heavy atom. The first-order chi connectivity index (χ1) is 15.3. The van der Waals surface area contributed by atoms with Crippen molar-refractivity contribution in [3.05, 3.63) is 84.1 Å². The maximum Gasteiger partial charge on any atom is 0.338 e. The van der Waals surface area contributed by atoms with E-state index in [4.69, 9.17) is 4.74 Å². The molecule has 0 unspecified atom stereocenters. The van der Waals surface area contributed by atoms with E-state index in [1.807, 2.05) is 24.7 Å². The molecule has 1 aliphatic rings. The fourth-order valence-electron chi connectivity index (χ4n) is 3.73. The van der Waals surface area contributed by atoms with Crippen molar-refractivity contribution in [1.29, 1.82) is 0 Å². The van der Waals surface area contributed by atoms with Crippen molar-refractivity contribution < 1.29 is 13.9 Å². The molecule has 0 N–H and O–H groups in total. The van der Waals surface area contributed by atoms with Crippen LogP contribution in [0.1, 0.15) is 43.6 Å². The van der Waals surface area contributed by atoms with Crippen molar-refractivity contribution in [1.82, 2.24) is 14.3 Å². The lowest BCUT2D eigenvalue weighted by atomic mass is 9.96. The fraction of sp³-hybridized carbons (Fsp3) is 0.304. The number of benzene rings is 1. The standard InChI is InChI=1S/C23H23FN4O3S/c1-5-27-12-16(13(3)26-27)11-18-21(29)28-20(15-7-9-17(24)10-8-15)19(22(30)31-6-2)14(4)25-23(28)32-18/h7-12,20H,5-6H2,1-4H3/b18-11-/t20-/m0/s1. The maximum atomic E-state index is 13.6. The second kappa shape index (κ2) is 8.66. The van der Waals surface area contributed by atoms with E-state index in [0.717, 1.165) is 17.8 Å². The monoisotopic (exact) mass is 454 g/mol. The SMILES string of the molecule is CCOC(=O)C1=C(C)N=c2s/c(=C\c3cn(CC)nc3C)c(=O)n2[C@H]1c1ccc(F)cc1. The number of ether oxygens (including phenoxy) is 1. The number of thiazole rings is 1. The Morgan fingerprint density at radius 3 is 2.59 bits per heavy atom. The summed E-state index contributed by atoms with van der Waals surface area (Å²) in [6.07, 6.45) is 3.68. The maximum absolute atomic E-state index is 13.6. The van der Waals surface area contributed by atoms with Crippen molar-refractivity contribution in [2.75, 3.05) is 6.61 Å². The molecule has 0 bridgehead atoms. The third kappa shape index (κ3) is 3.84. The number of rotatable bonds is 5. The van der Waals surface area contributed by atoms with E-state index in [9.17, 15) is 14.0 Å². The lowest BCUT2D eigenvalue weighted by molar-refractivity contribution is -0.139. The molecule has 0 aliphatic carbocycles. The predicted octanol–water partition coefficient (Wildman–Crippen LogP) is 2.46. The van der Waals surface area contributed by atoms with Crippen molar-refractivity contribution >= 4 is 23.4 Å². The molecule has 9 heteroatoms. The number of hydrogen-bond donors (Lipinski definition) is 0. The Kier molecular flexibility index (Phi) is 5.92. The molecule has 3 heterocycles. The van der Waals surface area contributed by atoms with Crippen molar-refractivity contribution in [2.24, 2.45) is 4.99 Å². The number of nitrogens with zero attached hydrogens (tertiary/aromatic N) is 4. The molecule has 7 nitrogen and oxygen atoms in total. The highest BCUT2D eigenvalue weighted by Crippen LogP contribution is 2.30. The quantitative estimate of drug-likeness (QED) is 0.555. The Balaban J connectivity index is 1.95. The van der Waals surface area contributed by atoms with Gasteiger partial charge >= 0.3 is 5.97 Å². The molecule has 0 saturated carbocycles. The molecule has 2 aromatic heterocycles. The van der Waals surface area contributed by atoms with Crippen LogP contribution in [-0.4, -0.2) is 26.9 Å². The summed E-state index contributed by atoms with van der Waals surface area (Å²) in [5.41, 5.74) is 2.73. The number of carbonyl (C=O) groups is 1. The highest BCUT2D eigenvalue weighted by atomic mass is 32.1. The van der Waals surface area contributed by atoms with Crippen LogP contribution < -0.4 is 14.9 Å². The van der Waals surface area contributed by atoms with Crippen molar-refractivity contribution in [3.8, 4) is 0 Å². The van der Waals surface area contributed by atoms with Gasteiger partial charge in [0.15, 0.2) is 4.80 Å². The van der Waals surface area contributed by atoms with Crippen LogP contribution in [0, 0.1) is 12.7 Å². The molecule has 0 saturated heterocycles. The molecule has 0 fully saturated rings. The van der Waals surface area contributed by atoms with E-state index in [2.05, 4.69) is 10.1 Å². The van der Waals surface area contributed by atoms with Gasteiger partial charge in [-0.3, -0.25) is 14.0 Å². The second-order valence-corrected chi connectivity index (χ2v) is 8.39. The normalized spacial score (nSPS) is 16.2. The zero-order valence-corrected chi connectivity index (χ0v) is 19.1. The van der Waals surface area contributed by atoms with E-state index in [1.165, 1.54) is 28.0 Å². The van der Waals surface area contributed by atoms with Crippen molar-refractivity contribution in [3.63, 3.8) is 0 Å². The largest absolute Gasteiger partial charge is 0.463 e. The number of aryl methyl sites for hydroxylation is 2. The Morgan fingerprint density at radius 2 is 1.97 bits per heavy atom. The van der Waals surface area contributed by atoms with Crippen LogP contribution in [0.2, 0.25) is 0 Å². The third-order valence-corrected chi connectivity index (χ3v) is 6.28. The molecule has 3 aromatic rings. The lowest BCUT2D eigenvalue weighted by Gasteiger charge is -2.24. The summed E-state index contributed by atoms with van der Waals surface area (Å²) >= 11 is 1.25. The zero-order valence-electron chi connectivity index (χ0n) is 18.3. The van der Waals surface area contributed by atoms with Crippen LogP contribution in [0.3, 0.4) is 0 Å². The minimum atomic E-state index is -0.757. The Bertz CT molecular complexity index is 1400. The lowest BCUT2D eigenvalue weighted by Crippen LogP contribution is -2.39. The van der Waals surface area contributed by atoms with Gasteiger partial charge in [-0.05, 0) is 51.5 Å². The van der Waals surface area contributed by atoms with Gasteiger partial charge in [-0.2, -0.15) is 5.10 Å². The summed E-state index contributed by atoms with van der Waals surface area (Å²) in [5, 5.41) is 4.43.